The van der Waals surface area contributed by atoms with Crippen molar-refractivity contribution in [2.75, 3.05) is 23.8 Å². The van der Waals surface area contributed by atoms with Gasteiger partial charge in [-0.05, 0) is 18.6 Å². The van der Waals surface area contributed by atoms with Gasteiger partial charge in [0.2, 0.25) is 5.95 Å². The molecule has 1 aromatic heterocycles. The summed E-state index contributed by atoms with van der Waals surface area (Å²) >= 11 is 0. The molecule has 24 heavy (non-hydrogen) atoms. The number of benzene rings is 1. The normalized spacial score (nSPS) is 11.4. The van der Waals surface area contributed by atoms with Gasteiger partial charge in [-0.3, -0.25) is 0 Å². The molecule has 0 saturated heterocycles. The first-order chi connectivity index (χ1) is 11.3. The summed E-state index contributed by atoms with van der Waals surface area (Å²) in [6.45, 7) is 0.0222. The van der Waals surface area contributed by atoms with Gasteiger partial charge < -0.3 is 15.7 Å². The van der Waals surface area contributed by atoms with Crippen LogP contribution in [0.3, 0.4) is 0 Å². The fourth-order valence-corrected chi connectivity index (χ4v) is 1.74. The number of halogens is 5. The van der Waals surface area contributed by atoms with Gasteiger partial charge in [-0.25, -0.2) is 13.8 Å². The summed E-state index contributed by atoms with van der Waals surface area (Å²) in [7, 11) is 0. The number of aliphatic hydroxyl groups excluding tert-OH is 1. The molecule has 2 rings (SSSR count). The number of alkyl halides is 3. The summed E-state index contributed by atoms with van der Waals surface area (Å²) in [5, 5.41) is 13.7. The smallest absolute Gasteiger partial charge is 0.396 e. The van der Waals surface area contributed by atoms with Crippen molar-refractivity contribution < 1.29 is 27.1 Å². The number of aliphatic hydroxyl groups is 1. The number of rotatable bonds is 6. The molecule has 3 N–H and O–H groups in total. The second-order valence-electron chi connectivity index (χ2n) is 4.72. The van der Waals surface area contributed by atoms with Crippen molar-refractivity contribution in [3.8, 4) is 0 Å². The minimum Gasteiger partial charge on any atom is -0.396 e. The summed E-state index contributed by atoms with van der Waals surface area (Å²) < 4.78 is 64.7. The largest absolute Gasteiger partial charge is 0.433 e. The summed E-state index contributed by atoms with van der Waals surface area (Å²) in [5.74, 6) is -2.77. The maximum Gasteiger partial charge on any atom is 0.433 e. The standard InChI is InChI=1S/C14H13F5N4O/c15-9-3-2-8(6-10(9)16)21-12-7-11(14(17,18)19)22-13(23-12)20-4-1-5-24/h2-3,6-7,24H,1,4-5H2,(H2,20,21,22,23). The lowest BCUT2D eigenvalue weighted by molar-refractivity contribution is -0.141. The Morgan fingerprint density at radius 3 is 2.42 bits per heavy atom. The minimum atomic E-state index is -4.71. The number of aromatic nitrogens is 2. The van der Waals surface area contributed by atoms with Crippen LogP contribution in [0.5, 0.6) is 0 Å². The molecule has 0 saturated carbocycles. The zero-order valence-electron chi connectivity index (χ0n) is 12.2. The average Bonchev–Trinajstić information content (AvgIpc) is 2.50. The maximum atomic E-state index is 13.2. The molecule has 130 valence electrons. The number of nitrogens with zero attached hydrogens (tertiary/aromatic N) is 2. The van der Waals surface area contributed by atoms with Crippen molar-refractivity contribution in [2.24, 2.45) is 0 Å². The van der Waals surface area contributed by atoms with Crippen LogP contribution in [0, 0.1) is 11.6 Å². The molecule has 0 unspecified atom stereocenters. The molecule has 5 nitrogen and oxygen atoms in total. The van der Waals surface area contributed by atoms with Crippen LogP contribution in [0.1, 0.15) is 12.1 Å². The molecule has 1 aromatic carbocycles. The molecule has 0 aliphatic rings. The zero-order valence-corrected chi connectivity index (χ0v) is 12.2. The van der Waals surface area contributed by atoms with Gasteiger partial charge in [0.1, 0.15) is 5.82 Å². The van der Waals surface area contributed by atoms with Crippen molar-refractivity contribution >= 4 is 17.5 Å². The molecule has 0 radical (unpaired) electrons. The monoisotopic (exact) mass is 348 g/mol. The lowest BCUT2D eigenvalue weighted by Gasteiger charge is -2.12. The van der Waals surface area contributed by atoms with E-state index in [0.717, 1.165) is 18.2 Å². The minimum absolute atomic E-state index is 0.0297. The van der Waals surface area contributed by atoms with E-state index >= 15 is 0 Å². The van der Waals surface area contributed by atoms with Gasteiger partial charge in [-0.15, -0.1) is 0 Å². The Labute approximate surface area is 133 Å². The average molecular weight is 348 g/mol. The highest BCUT2D eigenvalue weighted by Gasteiger charge is 2.33. The van der Waals surface area contributed by atoms with Crippen molar-refractivity contribution in [1.82, 2.24) is 9.97 Å². The summed E-state index contributed by atoms with van der Waals surface area (Å²) in [4.78, 5) is 7.18. The Morgan fingerprint density at radius 1 is 1.04 bits per heavy atom. The van der Waals surface area contributed by atoms with E-state index in [2.05, 4.69) is 20.6 Å². The SMILES string of the molecule is OCCCNc1nc(Nc2ccc(F)c(F)c2)cc(C(F)(F)F)n1. The van der Waals surface area contributed by atoms with E-state index in [1.54, 1.807) is 0 Å². The van der Waals surface area contributed by atoms with Crippen molar-refractivity contribution in [2.45, 2.75) is 12.6 Å². The zero-order chi connectivity index (χ0) is 17.7. The third-order valence-electron chi connectivity index (χ3n) is 2.83. The Bertz CT molecular complexity index is 708. The van der Waals surface area contributed by atoms with Gasteiger partial charge in [-0.1, -0.05) is 0 Å². The van der Waals surface area contributed by atoms with Crippen LogP contribution in [-0.2, 0) is 6.18 Å². The first-order valence-electron chi connectivity index (χ1n) is 6.82. The van der Waals surface area contributed by atoms with Crippen molar-refractivity contribution in [3.63, 3.8) is 0 Å². The molecular formula is C14H13F5N4O. The number of hydrogen-bond acceptors (Lipinski definition) is 5. The van der Waals surface area contributed by atoms with Crippen molar-refractivity contribution in [1.29, 1.82) is 0 Å². The van der Waals surface area contributed by atoms with Crippen LogP contribution in [0.25, 0.3) is 0 Å². The van der Waals surface area contributed by atoms with Crippen molar-refractivity contribution in [3.05, 3.63) is 41.6 Å². The van der Waals surface area contributed by atoms with Crippen LogP contribution in [-0.4, -0.2) is 28.2 Å². The molecule has 0 aliphatic heterocycles. The van der Waals surface area contributed by atoms with Gasteiger partial charge in [0.05, 0.1) is 0 Å². The van der Waals surface area contributed by atoms with E-state index in [0.29, 0.717) is 12.5 Å². The van der Waals surface area contributed by atoms with E-state index in [9.17, 15) is 22.0 Å². The number of nitrogens with one attached hydrogen (secondary N) is 2. The van der Waals surface area contributed by atoms with E-state index < -0.39 is 23.5 Å². The molecule has 0 atom stereocenters. The second-order valence-corrected chi connectivity index (χ2v) is 4.72. The predicted octanol–water partition coefficient (Wildman–Crippen LogP) is 3.31. The van der Waals surface area contributed by atoms with Gasteiger partial charge in [-0.2, -0.15) is 18.2 Å². The molecule has 0 amide bonds. The molecule has 0 bridgehead atoms. The highest BCUT2D eigenvalue weighted by atomic mass is 19.4. The Kier molecular flexibility index (Phi) is 5.50. The highest BCUT2D eigenvalue weighted by Crippen LogP contribution is 2.30. The molecule has 0 fully saturated rings. The lowest BCUT2D eigenvalue weighted by atomic mass is 10.3. The Hall–Kier alpha value is -2.49. The van der Waals surface area contributed by atoms with Crippen LogP contribution >= 0.6 is 0 Å². The van der Waals surface area contributed by atoms with E-state index in [1.165, 1.54) is 0 Å². The Balaban J connectivity index is 2.29. The van der Waals surface area contributed by atoms with Gasteiger partial charge >= 0.3 is 6.18 Å². The molecule has 1 heterocycles. The van der Waals surface area contributed by atoms with E-state index in [-0.39, 0.29) is 30.6 Å². The summed E-state index contributed by atoms with van der Waals surface area (Å²) in [6.07, 6.45) is -4.41. The van der Waals surface area contributed by atoms with E-state index in [1.807, 2.05) is 0 Å². The van der Waals surface area contributed by atoms with Crippen LogP contribution in [0.4, 0.5) is 39.4 Å². The van der Waals surface area contributed by atoms with Crippen LogP contribution < -0.4 is 10.6 Å². The second kappa shape index (κ2) is 7.39. The number of anilines is 3. The number of hydrogen-bond donors (Lipinski definition) is 3. The molecule has 0 spiro atoms. The van der Waals surface area contributed by atoms with Crippen LogP contribution in [0.15, 0.2) is 24.3 Å². The van der Waals surface area contributed by atoms with Crippen LogP contribution in [0.2, 0.25) is 0 Å². The summed E-state index contributed by atoms with van der Waals surface area (Å²) in [5.41, 5.74) is -1.17. The lowest BCUT2D eigenvalue weighted by Crippen LogP contribution is -2.14. The summed E-state index contributed by atoms with van der Waals surface area (Å²) in [6, 6.07) is 3.44. The topological polar surface area (TPSA) is 70.1 Å². The van der Waals surface area contributed by atoms with Gasteiger partial charge in [0, 0.05) is 31.0 Å². The van der Waals surface area contributed by atoms with Gasteiger partial charge in [0.25, 0.3) is 0 Å². The molecular weight excluding hydrogens is 335 g/mol. The quantitative estimate of drug-likeness (QED) is 0.552. The molecule has 0 aliphatic carbocycles. The highest BCUT2D eigenvalue weighted by molar-refractivity contribution is 5.57. The maximum absolute atomic E-state index is 13.2. The first-order valence-corrected chi connectivity index (χ1v) is 6.82. The van der Waals surface area contributed by atoms with Gasteiger partial charge in [0.15, 0.2) is 17.3 Å². The first kappa shape index (κ1) is 17.9. The third-order valence-corrected chi connectivity index (χ3v) is 2.83. The molecule has 10 heteroatoms. The molecule has 2 aromatic rings. The third kappa shape index (κ3) is 4.75. The predicted molar refractivity (Wildman–Crippen MR) is 76.9 cm³/mol. The Morgan fingerprint density at radius 2 is 1.79 bits per heavy atom. The fourth-order valence-electron chi connectivity index (χ4n) is 1.74. The fraction of sp³-hybridized carbons (Fsp3) is 0.286. The van der Waals surface area contributed by atoms with E-state index in [4.69, 9.17) is 5.11 Å².